The Hall–Kier alpha value is -2.87. The van der Waals surface area contributed by atoms with Gasteiger partial charge in [-0.2, -0.15) is 5.26 Å². The number of nitriles is 1. The van der Waals surface area contributed by atoms with Gasteiger partial charge in [-0.05, 0) is 29.8 Å². The van der Waals surface area contributed by atoms with Gasteiger partial charge in [0.25, 0.3) is 0 Å². The summed E-state index contributed by atoms with van der Waals surface area (Å²) < 4.78 is 37.1. The summed E-state index contributed by atoms with van der Waals surface area (Å²) in [6.07, 6.45) is 0. The first kappa shape index (κ1) is 13.1. The molecule has 3 rings (SSSR count). The van der Waals surface area contributed by atoms with Crippen LogP contribution >= 0.6 is 0 Å². The minimum atomic E-state index is -0.675. The van der Waals surface area contributed by atoms with Crippen LogP contribution < -0.4 is 4.74 Å². The van der Waals surface area contributed by atoms with E-state index in [-0.39, 0.29) is 18.1 Å². The fraction of sp³-hybridized carbons (Fsp3) is 0.0625. The lowest BCUT2D eigenvalue weighted by Crippen LogP contribution is -1.97. The lowest BCUT2D eigenvalue weighted by molar-refractivity contribution is 0.302. The van der Waals surface area contributed by atoms with Gasteiger partial charge in [0, 0.05) is 6.07 Å². The minimum Gasteiger partial charge on any atom is -0.483 e. The van der Waals surface area contributed by atoms with Crippen molar-refractivity contribution < 1.29 is 17.9 Å². The molecular weight excluding hydrogens is 276 g/mol. The molecule has 0 unspecified atom stereocenters. The Labute approximate surface area is 119 Å². The molecule has 0 radical (unpaired) electrons. The molecule has 0 N–H and O–H groups in total. The molecule has 0 spiro atoms. The van der Waals surface area contributed by atoms with Gasteiger partial charge in [0.1, 0.15) is 29.9 Å². The first-order chi connectivity index (χ1) is 10.2. The molecule has 0 amide bonds. The lowest BCUT2D eigenvalue weighted by atomic mass is 10.2. The maximum atomic E-state index is 13.1. The molecule has 0 fully saturated rings. The summed E-state index contributed by atoms with van der Waals surface area (Å²) in [6.45, 7) is -0.0626. The lowest BCUT2D eigenvalue weighted by Gasteiger charge is -2.05. The largest absolute Gasteiger partial charge is 0.483 e. The van der Waals surface area contributed by atoms with E-state index < -0.39 is 11.6 Å². The van der Waals surface area contributed by atoms with Crippen molar-refractivity contribution in [3.05, 3.63) is 65.4 Å². The van der Waals surface area contributed by atoms with E-state index in [1.807, 2.05) is 6.07 Å². The first-order valence-corrected chi connectivity index (χ1v) is 6.17. The molecule has 1 aromatic heterocycles. The fourth-order valence-corrected chi connectivity index (χ4v) is 2.09. The number of hydrogen-bond acceptors (Lipinski definition) is 3. The van der Waals surface area contributed by atoms with Gasteiger partial charge in [0.05, 0.1) is 5.39 Å². The van der Waals surface area contributed by atoms with Crippen LogP contribution in [-0.4, -0.2) is 0 Å². The molecule has 0 saturated heterocycles. The molecule has 0 aliphatic heterocycles. The van der Waals surface area contributed by atoms with E-state index in [0.29, 0.717) is 16.5 Å². The van der Waals surface area contributed by atoms with Crippen LogP contribution in [0.1, 0.15) is 11.3 Å². The van der Waals surface area contributed by atoms with Crippen LogP contribution in [-0.2, 0) is 6.61 Å². The maximum Gasteiger partial charge on any atom is 0.246 e. The molecule has 104 valence electrons. The average Bonchev–Trinajstić information content (AvgIpc) is 2.82. The van der Waals surface area contributed by atoms with Gasteiger partial charge in [-0.3, -0.25) is 0 Å². The topological polar surface area (TPSA) is 46.2 Å². The van der Waals surface area contributed by atoms with Crippen molar-refractivity contribution in [3.63, 3.8) is 0 Å². The second kappa shape index (κ2) is 5.25. The van der Waals surface area contributed by atoms with E-state index >= 15 is 0 Å². The Kier molecular flexibility index (Phi) is 3.28. The Morgan fingerprint density at radius 2 is 1.81 bits per heavy atom. The zero-order valence-electron chi connectivity index (χ0n) is 10.8. The van der Waals surface area contributed by atoms with Crippen LogP contribution in [0.25, 0.3) is 11.0 Å². The third kappa shape index (κ3) is 2.56. The van der Waals surface area contributed by atoms with Gasteiger partial charge in [0.2, 0.25) is 5.76 Å². The summed E-state index contributed by atoms with van der Waals surface area (Å²) in [5.41, 5.74) is 0.858. The van der Waals surface area contributed by atoms with Crippen molar-refractivity contribution in [1.82, 2.24) is 0 Å². The van der Waals surface area contributed by atoms with E-state index in [2.05, 4.69) is 0 Å². The zero-order chi connectivity index (χ0) is 14.8. The van der Waals surface area contributed by atoms with Crippen LogP contribution in [0.15, 0.2) is 46.9 Å². The predicted molar refractivity (Wildman–Crippen MR) is 71.6 cm³/mol. The van der Waals surface area contributed by atoms with Gasteiger partial charge in [0.15, 0.2) is 5.75 Å². The van der Waals surface area contributed by atoms with Crippen molar-refractivity contribution in [2.24, 2.45) is 0 Å². The molecule has 21 heavy (non-hydrogen) atoms. The van der Waals surface area contributed by atoms with E-state index in [1.165, 1.54) is 12.1 Å². The zero-order valence-corrected chi connectivity index (χ0v) is 10.8. The number of halogens is 2. The monoisotopic (exact) mass is 285 g/mol. The third-order valence-corrected chi connectivity index (χ3v) is 2.96. The Bertz CT molecular complexity index is 829. The predicted octanol–water partition coefficient (Wildman–Crippen LogP) is 4.16. The number of nitrogens with zero attached hydrogens (tertiary/aromatic N) is 1. The minimum absolute atomic E-state index is 0.0353. The SMILES string of the molecule is N#Cc1oc2ccccc2c1OCc1cc(F)cc(F)c1. The number of para-hydroxylation sites is 1. The van der Waals surface area contributed by atoms with Crippen LogP contribution in [0, 0.1) is 23.0 Å². The Balaban J connectivity index is 1.93. The summed E-state index contributed by atoms with van der Waals surface area (Å²) in [4.78, 5) is 0. The number of benzene rings is 2. The van der Waals surface area contributed by atoms with E-state index in [4.69, 9.17) is 14.4 Å². The highest BCUT2D eigenvalue weighted by Crippen LogP contribution is 2.33. The number of ether oxygens (including phenoxy) is 1. The van der Waals surface area contributed by atoms with E-state index in [9.17, 15) is 8.78 Å². The Morgan fingerprint density at radius 1 is 1.10 bits per heavy atom. The standard InChI is InChI=1S/C16H9F2NO2/c17-11-5-10(6-12(18)7-11)9-20-16-13-3-1-2-4-14(13)21-15(16)8-19/h1-7H,9H2. The molecule has 5 heteroatoms. The van der Waals surface area contributed by atoms with Crippen molar-refractivity contribution in [2.75, 3.05) is 0 Å². The van der Waals surface area contributed by atoms with Gasteiger partial charge < -0.3 is 9.15 Å². The molecule has 1 heterocycles. The fourth-order valence-electron chi connectivity index (χ4n) is 2.09. The Morgan fingerprint density at radius 3 is 2.52 bits per heavy atom. The third-order valence-electron chi connectivity index (χ3n) is 2.96. The molecule has 0 bridgehead atoms. The van der Waals surface area contributed by atoms with Crippen molar-refractivity contribution in [3.8, 4) is 11.8 Å². The first-order valence-electron chi connectivity index (χ1n) is 6.17. The number of hydrogen-bond donors (Lipinski definition) is 0. The summed E-state index contributed by atoms with van der Waals surface area (Å²) in [5, 5.41) is 9.71. The van der Waals surface area contributed by atoms with Gasteiger partial charge >= 0.3 is 0 Å². The van der Waals surface area contributed by atoms with Crippen LogP contribution in [0.3, 0.4) is 0 Å². The summed E-state index contributed by atoms with van der Waals surface area (Å²) in [7, 11) is 0. The summed E-state index contributed by atoms with van der Waals surface area (Å²) in [5.74, 6) is -1.04. The molecule has 3 aromatic rings. The van der Waals surface area contributed by atoms with Crippen LogP contribution in [0.4, 0.5) is 8.78 Å². The van der Waals surface area contributed by atoms with Gasteiger partial charge in [-0.15, -0.1) is 0 Å². The maximum absolute atomic E-state index is 13.1. The van der Waals surface area contributed by atoms with E-state index in [1.54, 1.807) is 24.3 Å². The number of furan rings is 1. The molecular formula is C16H9F2NO2. The van der Waals surface area contributed by atoms with Crippen molar-refractivity contribution in [1.29, 1.82) is 5.26 Å². The van der Waals surface area contributed by atoms with Gasteiger partial charge in [-0.1, -0.05) is 12.1 Å². The highest BCUT2D eigenvalue weighted by Gasteiger charge is 2.15. The second-order valence-electron chi connectivity index (χ2n) is 4.43. The van der Waals surface area contributed by atoms with Gasteiger partial charge in [-0.25, -0.2) is 8.78 Å². The number of fused-ring (bicyclic) bond motifs is 1. The summed E-state index contributed by atoms with van der Waals surface area (Å²) >= 11 is 0. The molecule has 0 saturated carbocycles. The molecule has 0 atom stereocenters. The quantitative estimate of drug-likeness (QED) is 0.725. The molecule has 0 aliphatic carbocycles. The normalized spacial score (nSPS) is 10.5. The van der Waals surface area contributed by atoms with Crippen LogP contribution in [0.2, 0.25) is 0 Å². The van der Waals surface area contributed by atoms with Crippen LogP contribution in [0.5, 0.6) is 5.75 Å². The number of rotatable bonds is 3. The molecule has 0 aliphatic rings. The smallest absolute Gasteiger partial charge is 0.246 e. The van der Waals surface area contributed by atoms with Crippen molar-refractivity contribution in [2.45, 2.75) is 6.61 Å². The highest BCUT2D eigenvalue weighted by atomic mass is 19.1. The summed E-state index contributed by atoms with van der Waals surface area (Å²) in [6, 6.07) is 12.1. The highest BCUT2D eigenvalue weighted by molar-refractivity contribution is 5.86. The van der Waals surface area contributed by atoms with E-state index in [0.717, 1.165) is 6.07 Å². The molecule has 3 nitrogen and oxygen atoms in total. The second-order valence-corrected chi connectivity index (χ2v) is 4.43. The molecule has 2 aromatic carbocycles. The van der Waals surface area contributed by atoms with Crippen molar-refractivity contribution >= 4 is 11.0 Å². The average molecular weight is 285 g/mol.